The number of pyridine rings is 1. The van der Waals surface area contributed by atoms with Gasteiger partial charge >= 0.3 is 0 Å². The summed E-state index contributed by atoms with van der Waals surface area (Å²) in [6.45, 7) is 1.11. The zero-order chi connectivity index (χ0) is 18.1. The summed E-state index contributed by atoms with van der Waals surface area (Å²) in [5.74, 6) is -0.324. The first-order valence-electron chi connectivity index (χ1n) is 8.49. The zero-order valence-corrected chi connectivity index (χ0v) is 16.0. The number of β-amino-alcohol motifs (C(OH)–C–C–N with tert-alkyl or cyclic N) is 1. The molecule has 4 rings (SSSR count). The minimum atomic E-state index is -0.850. The summed E-state index contributed by atoms with van der Waals surface area (Å²) in [6.07, 6.45) is 3.19. The Morgan fingerprint density at radius 1 is 1.26 bits per heavy atom. The molecule has 0 saturated carbocycles. The van der Waals surface area contributed by atoms with E-state index >= 15 is 0 Å². The molecule has 3 N–H and O–H groups in total. The fraction of sp³-hybridized carbons (Fsp3) is 0.263. The SMILES string of the molecule is Cl.O=C(N[C@]1(c2ccccc2)CCNC[C@H]1O)c1cn2cc(Cl)ccc2n1. The van der Waals surface area contributed by atoms with Crippen molar-refractivity contribution in [3.63, 3.8) is 0 Å². The number of hydrogen-bond donors (Lipinski definition) is 3. The third kappa shape index (κ3) is 3.66. The average molecular weight is 407 g/mol. The third-order valence-corrected chi connectivity index (χ3v) is 5.10. The quantitative estimate of drug-likeness (QED) is 0.623. The first-order valence-corrected chi connectivity index (χ1v) is 8.87. The van der Waals surface area contributed by atoms with Crippen LogP contribution in [0.2, 0.25) is 5.02 Å². The van der Waals surface area contributed by atoms with Gasteiger partial charge in [0.05, 0.1) is 16.7 Å². The van der Waals surface area contributed by atoms with E-state index in [9.17, 15) is 9.90 Å². The van der Waals surface area contributed by atoms with Crippen molar-refractivity contribution in [3.8, 4) is 0 Å². The van der Waals surface area contributed by atoms with Crippen LogP contribution in [0.1, 0.15) is 22.5 Å². The van der Waals surface area contributed by atoms with Crippen molar-refractivity contribution in [2.45, 2.75) is 18.1 Å². The van der Waals surface area contributed by atoms with Crippen LogP contribution in [0.5, 0.6) is 0 Å². The minimum absolute atomic E-state index is 0. The summed E-state index contributed by atoms with van der Waals surface area (Å²) < 4.78 is 1.71. The molecule has 1 amide bonds. The summed E-state index contributed by atoms with van der Waals surface area (Å²) in [7, 11) is 0. The molecule has 0 aliphatic carbocycles. The lowest BCUT2D eigenvalue weighted by Gasteiger charge is -2.42. The van der Waals surface area contributed by atoms with Crippen molar-refractivity contribution in [1.29, 1.82) is 0 Å². The van der Waals surface area contributed by atoms with E-state index in [-0.39, 0.29) is 24.0 Å². The fourth-order valence-electron chi connectivity index (χ4n) is 3.50. The van der Waals surface area contributed by atoms with Crippen molar-refractivity contribution in [3.05, 3.63) is 71.1 Å². The first kappa shape index (κ1) is 19.6. The van der Waals surface area contributed by atoms with Crippen LogP contribution >= 0.6 is 24.0 Å². The standard InChI is InChI=1S/C19H19ClN4O2.ClH/c20-14-6-7-17-22-15(12-24(17)11-14)18(26)23-19(8-9-21-10-16(19)25)13-4-2-1-3-5-13;/h1-7,11-12,16,21,25H,8-10H2,(H,23,26);1H/t16-,19+;/m1./s1. The highest BCUT2D eigenvalue weighted by molar-refractivity contribution is 6.30. The Morgan fingerprint density at radius 3 is 2.78 bits per heavy atom. The van der Waals surface area contributed by atoms with E-state index in [0.717, 1.165) is 5.56 Å². The van der Waals surface area contributed by atoms with E-state index in [1.165, 1.54) is 0 Å². The second-order valence-electron chi connectivity index (χ2n) is 6.50. The number of aromatic nitrogens is 2. The molecule has 1 fully saturated rings. The van der Waals surface area contributed by atoms with Gasteiger partial charge < -0.3 is 20.1 Å². The van der Waals surface area contributed by atoms with Gasteiger partial charge in [-0.3, -0.25) is 4.79 Å². The van der Waals surface area contributed by atoms with Gasteiger partial charge in [-0.2, -0.15) is 0 Å². The largest absolute Gasteiger partial charge is 0.389 e. The van der Waals surface area contributed by atoms with Crippen LogP contribution in [0.25, 0.3) is 5.65 Å². The molecule has 0 bridgehead atoms. The van der Waals surface area contributed by atoms with Crippen LogP contribution in [0.4, 0.5) is 0 Å². The van der Waals surface area contributed by atoms with Gasteiger partial charge in [-0.25, -0.2) is 4.98 Å². The number of hydrogen-bond acceptors (Lipinski definition) is 4. The fourth-order valence-corrected chi connectivity index (χ4v) is 3.66. The number of halogens is 2. The summed E-state index contributed by atoms with van der Waals surface area (Å²) in [5.41, 5.74) is 0.957. The van der Waals surface area contributed by atoms with Gasteiger partial charge in [0.25, 0.3) is 5.91 Å². The van der Waals surface area contributed by atoms with E-state index < -0.39 is 11.6 Å². The number of piperidine rings is 1. The number of imidazole rings is 1. The Bertz CT molecular complexity index is 947. The number of nitrogens with one attached hydrogen (secondary N) is 2. The van der Waals surface area contributed by atoms with Crippen molar-refractivity contribution < 1.29 is 9.90 Å². The molecule has 0 radical (unpaired) electrons. The minimum Gasteiger partial charge on any atom is -0.389 e. The van der Waals surface area contributed by atoms with Crippen molar-refractivity contribution in [1.82, 2.24) is 20.0 Å². The zero-order valence-electron chi connectivity index (χ0n) is 14.4. The van der Waals surface area contributed by atoms with Gasteiger partial charge in [-0.1, -0.05) is 41.9 Å². The van der Waals surface area contributed by atoms with Crippen LogP contribution in [-0.4, -0.2) is 39.6 Å². The molecule has 3 heterocycles. The van der Waals surface area contributed by atoms with Crippen LogP contribution in [0.15, 0.2) is 54.9 Å². The van der Waals surface area contributed by atoms with Gasteiger partial charge in [0.2, 0.25) is 0 Å². The molecule has 3 aromatic rings. The van der Waals surface area contributed by atoms with E-state index in [4.69, 9.17) is 11.6 Å². The number of nitrogens with zero attached hydrogens (tertiary/aromatic N) is 2. The third-order valence-electron chi connectivity index (χ3n) is 4.88. The highest BCUT2D eigenvalue weighted by Gasteiger charge is 2.43. The normalized spacial score (nSPS) is 22.2. The molecule has 1 aliphatic heterocycles. The summed E-state index contributed by atoms with van der Waals surface area (Å²) >= 11 is 6.00. The van der Waals surface area contributed by atoms with Crippen molar-refractivity contribution in [2.75, 3.05) is 13.1 Å². The van der Waals surface area contributed by atoms with Gasteiger partial charge in [0, 0.05) is 18.9 Å². The molecule has 2 aromatic heterocycles. The lowest BCUT2D eigenvalue weighted by atomic mass is 9.79. The Morgan fingerprint density at radius 2 is 2.04 bits per heavy atom. The molecule has 1 saturated heterocycles. The van der Waals surface area contributed by atoms with Crippen LogP contribution < -0.4 is 10.6 Å². The topological polar surface area (TPSA) is 78.7 Å². The van der Waals surface area contributed by atoms with E-state index in [1.807, 2.05) is 30.3 Å². The van der Waals surface area contributed by atoms with Gasteiger partial charge in [0.15, 0.2) is 0 Å². The Balaban J connectivity index is 0.00000210. The number of carbonyl (C=O) groups excluding carboxylic acids is 1. The maximum absolute atomic E-state index is 12.9. The first-order chi connectivity index (χ1) is 12.6. The number of fused-ring (bicyclic) bond motifs is 1. The predicted octanol–water partition coefficient (Wildman–Crippen LogP) is 2.39. The van der Waals surface area contributed by atoms with E-state index in [0.29, 0.717) is 30.2 Å². The number of amides is 1. The second-order valence-corrected chi connectivity index (χ2v) is 6.94. The monoisotopic (exact) mass is 406 g/mol. The maximum atomic E-state index is 12.9. The maximum Gasteiger partial charge on any atom is 0.272 e. The molecule has 2 atom stereocenters. The van der Waals surface area contributed by atoms with Crippen LogP contribution in [0.3, 0.4) is 0 Å². The number of aliphatic hydroxyl groups is 1. The molecule has 0 unspecified atom stereocenters. The molecular weight excluding hydrogens is 387 g/mol. The highest BCUT2D eigenvalue weighted by Crippen LogP contribution is 2.31. The summed E-state index contributed by atoms with van der Waals surface area (Å²) in [5, 5.41) is 17.5. The van der Waals surface area contributed by atoms with Gasteiger partial charge in [0.1, 0.15) is 11.3 Å². The van der Waals surface area contributed by atoms with Crippen molar-refractivity contribution >= 4 is 35.6 Å². The Labute approximate surface area is 168 Å². The average Bonchev–Trinajstić information content (AvgIpc) is 3.08. The predicted molar refractivity (Wildman–Crippen MR) is 107 cm³/mol. The molecular formula is C19H20Cl2N4O2. The Hall–Kier alpha value is -2.12. The van der Waals surface area contributed by atoms with Crippen LogP contribution in [0, 0.1) is 0 Å². The molecule has 8 heteroatoms. The lowest BCUT2D eigenvalue weighted by Crippen LogP contribution is -2.61. The Kier molecular flexibility index (Phi) is 5.72. The molecule has 1 aromatic carbocycles. The number of rotatable bonds is 3. The molecule has 142 valence electrons. The van der Waals surface area contributed by atoms with E-state index in [2.05, 4.69) is 15.6 Å². The number of carbonyl (C=O) groups is 1. The summed E-state index contributed by atoms with van der Waals surface area (Å²) in [4.78, 5) is 17.3. The smallest absolute Gasteiger partial charge is 0.272 e. The van der Waals surface area contributed by atoms with Crippen LogP contribution in [-0.2, 0) is 5.54 Å². The van der Waals surface area contributed by atoms with Gasteiger partial charge in [-0.15, -0.1) is 12.4 Å². The van der Waals surface area contributed by atoms with Gasteiger partial charge in [-0.05, 0) is 30.7 Å². The second kappa shape index (κ2) is 7.86. The molecule has 1 aliphatic rings. The highest BCUT2D eigenvalue weighted by atomic mass is 35.5. The molecule has 6 nitrogen and oxygen atoms in total. The summed E-state index contributed by atoms with van der Waals surface area (Å²) in [6, 6.07) is 13.1. The molecule has 27 heavy (non-hydrogen) atoms. The van der Waals surface area contributed by atoms with E-state index in [1.54, 1.807) is 28.9 Å². The number of benzene rings is 1. The number of aliphatic hydroxyl groups excluding tert-OH is 1. The van der Waals surface area contributed by atoms with Crippen molar-refractivity contribution in [2.24, 2.45) is 0 Å². The lowest BCUT2D eigenvalue weighted by molar-refractivity contribution is 0.0288. The molecule has 0 spiro atoms.